The summed E-state index contributed by atoms with van der Waals surface area (Å²) in [6.45, 7) is 1.86. The van der Waals surface area contributed by atoms with E-state index in [9.17, 15) is 4.79 Å². The van der Waals surface area contributed by atoms with E-state index in [1.165, 1.54) is 19.3 Å². The van der Waals surface area contributed by atoms with Gasteiger partial charge in [-0.1, -0.05) is 6.42 Å². The Morgan fingerprint density at radius 3 is 2.57 bits per heavy atom. The summed E-state index contributed by atoms with van der Waals surface area (Å²) in [4.78, 5) is 14.8. The third-order valence-electron chi connectivity index (χ3n) is 4.22. The van der Waals surface area contributed by atoms with E-state index in [0.29, 0.717) is 11.2 Å². The molecule has 7 nitrogen and oxygen atoms in total. The van der Waals surface area contributed by atoms with Crippen LogP contribution >= 0.6 is 0 Å². The maximum atomic E-state index is 11.9. The summed E-state index contributed by atoms with van der Waals surface area (Å²) < 4.78 is 3.28. The fraction of sp³-hybridized carbons (Fsp3) is 0.438. The maximum absolute atomic E-state index is 11.9. The largest absolute Gasteiger partial charge is 0.319 e. The van der Waals surface area contributed by atoms with E-state index < -0.39 is 0 Å². The van der Waals surface area contributed by atoms with Crippen LogP contribution in [0.25, 0.3) is 16.8 Å². The highest BCUT2D eigenvalue weighted by atomic mass is 16.1. The summed E-state index contributed by atoms with van der Waals surface area (Å²) in [6, 6.07) is 0.866. The first kappa shape index (κ1) is 15.5. The van der Waals surface area contributed by atoms with Crippen LogP contribution in [0.3, 0.4) is 0 Å². The lowest BCUT2D eigenvalue weighted by molar-refractivity contribution is 0.361. The second kappa shape index (κ2) is 6.37. The smallest absolute Gasteiger partial charge is 0.274 e. The van der Waals surface area contributed by atoms with E-state index in [1.54, 1.807) is 27.8 Å². The Morgan fingerprint density at radius 2 is 2.04 bits per heavy atom. The molecule has 7 heteroatoms. The summed E-state index contributed by atoms with van der Waals surface area (Å²) in [7, 11) is 3.86. The lowest BCUT2D eigenvalue weighted by Gasteiger charge is -2.23. The minimum atomic E-state index is -0.138. The molecule has 0 atom stereocenters. The third kappa shape index (κ3) is 3.19. The predicted octanol–water partition coefficient (Wildman–Crippen LogP) is 1.49. The van der Waals surface area contributed by atoms with Gasteiger partial charge in [-0.2, -0.15) is 10.2 Å². The van der Waals surface area contributed by atoms with Gasteiger partial charge < -0.3 is 10.3 Å². The molecule has 23 heavy (non-hydrogen) atoms. The Kier molecular flexibility index (Phi) is 4.29. The van der Waals surface area contributed by atoms with Gasteiger partial charge in [0.15, 0.2) is 0 Å². The number of aromatic nitrogens is 5. The molecular formula is C16H22N6O. The first-order valence-corrected chi connectivity index (χ1v) is 7.82. The topological polar surface area (TPSA) is 80.0 Å². The van der Waals surface area contributed by atoms with E-state index in [2.05, 4.69) is 20.5 Å². The molecule has 3 heterocycles. The zero-order valence-electron chi connectivity index (χ0n) is 13.7. The third-order valence-corrected chi connectivity index (χ3v) is 4.22. The highest BCUT2D eigenvalue weighted by Crippen LogP contribution is 2.16. The molecular weight excluding hydrogens is 292 g/mol. The van der Waals surface area contributed by atoms with Crippen LogP contribution in [0.2, 0.25) is 0 Å². The van der Waals surface area contributed by atoms with Crippen LogP contribution in [0.1, 0.15) is 24.8 Å². The molecule has 0 saturated heterocycles. The Hall–Kier alpha value is -2.41. The molecule has 0 radical (unpaired) electrons. The molecule has 1 fully saturated rings. The van der Waals surface area contributed by atoms with Gasteiger partial charge in [0, 0.05) is 30.4 Å². The van der Waals surface area contributed by atoms with Crippen LogP contribution in [0.4, 0.5) is 0 Å². The molecule has 1 aliphatic rings. The van der Waals surface area contributed by atoms with E-state index in [1.807, 2.05) is 27.2 Å². The van der Waals surface area contributed by atoms with Gasteiger partial charge in [-0.15, -0.1) is 0 Å². The average Bonchev–Trinajstić information content (AvgIpc) is 3.05. The standard InChI is InChI=1S/C11H11N5O.C5H11N/c1-7-3-13-16-6-9(14-11(17)10(7)16)8-4-12-15(2)5-8;1-6-5-3-2-4-5/h3-6H,1-2H3,(H,14,17);5-6H,2-4H2,1H3. The van der Waals surface area contributed by atoms with Gasteiger partial charge in [-0.05, 0) is 26.8 Å². The Balaban J connectivity index is 0.000000220. The van der Waals surface area contributed by atoms with Crippen LogP contribution in [-0.4, -0.2) is 37.5 Å². The molecule has 4 rings (SSSR count). The van der Waals surface area contributed by atoms with Crippen molar-refractivity contribution in [3.63, 3.8) is 0 Å². The average molecular weight is 314 g/mol. The molecule has 1 saturated carbocycles. The van der Waals surface area contributed by atoms with Crippen molar-refractivity contribution >= 4 is 5.52 Å². The van der Waals surface area contributed by atoms with Gasteiger partial charge in [-0.3, -0.25) is 9.48 Å². The van der Waals surface area contributed by atoms with E-state index in [0.717, 1.165) is 17.2 Å². The molecule has 0 bridgehead atoms. The number of H-pyrrole nitrogens is 1. The summed E-state index contributed by atoms with van der Waals surface area (Å²) >= 11 is 0. The van der Waals surface area contributed by atoms with E-state index >= 15 is 0 Å². The molecule has 3 aromatic rings. The van der Waals surface area contributed by atoms with Crippen molar-refractivity contribution < 1.29 is 0 Å². The SMILES string of the molecule is CNC1CCC1.Cc1cnn2cc(-c3cnn(C)c3)[nH]c(=O)c12. The number of nitrogens with zero attached hydrogens (tertiary/aromatic N) is 4. The fourth-order valence-electron chi connectivity index (χ4n) is 2.57. The van der Waals surface area contributed by atoms with E-state index in [4.69, 9.17) is 0 Å². The zero-order valence-corrected chi connectivity index (χ0v) is 13.7. The first-order valence-electron chi connectivity index (χ1n) is 7.82. The molecule has 0 amide bonds. The van der Waals surface area contributed by atoms with Gasteiger partial charge in [0.05, 0.1) is 24.3 Å². The molecule has 0 aromatic carbocycles. The van der Waals surface area contributed by atoms with Gasteiger partial charge in [-0.25, -0.2) is 4.52 Å². The number of hydrogen-bond acceptors (Lipinski definition) is 4. The fourth-order valence-corrected chi connectivity index (χ4v) is 2.57. The van der Waals surface area contributed by atoms with Gasteiger partial charge in [0.25, 0.3) is 5.56 Å². The maximum Gasteiger partial charge on any atom is 0.274 e. The molecule has 3 aromatic heterocycles. The van der Waals surface area contributed by atoms with Crippen LogP contribution in [-0.2, 0) is 7.05 Å². The Morgan fingerprint density at radius 1 is 1.26 bits per heavy atom. The highest BCUT2D eigenvalue weighted by molar-refractivity contribution is 5.60. The first-order chi connectivity index (χ1) is 11.1. The minimum absolute atomic E-state index is 0.138. The van der Waals surface area contributed by atoms with Crippen molar-refractivity contribution in [2.75, 3.05) is 7.05 Å². The van der Waals surface area contributed by atoms with E-state index in [-0.39, 0.29) is 5.56 Å². The molecule has 2 N–H and O–H groups in total. The quantitative estimate of drug-likeness (QED) is 0.751. The normalized spacial score (nSPS) is 14.4. The Labute approximate surface area is 134 Å². The molecule has 0 aliphatic heterocycles. The van der Waals surface area contributed by atoms with Crippen molar-refractivity contribution in [3.8, 4) is 11.3 Å². The molecule has 1 aliphatic carbocycles. The van der Waals surface area contributed by atoms with Crippen LogP contribution in [0.15, 0.2) is 29.6 Å². The number of aryl methyl sites for hydroxylation is 2. The van der Waals surface area contributed by atoms with Crippen molar-refractivity contribution in [1.82, 2.24) is 29.7 Å². The van der Waals surface area contributed by atoms with Crippen LogP contribution < -0.4 is 10.9 Å². The Bertz CT molecular complexity index is 852. The number of nitrogens with one attached hydrogen (secondary N) is 2. The second-order valence-electron chi connectivity index (χ2n) is 5.94. The number of hydrogen-bond donors (Lipinski definition) is 2. The molecule has 0 spiro atoms. The summed E-state index contributed by atoms with van der Waals surface area (Å²) in [5.41, 5.74) is 2.88. The predicted molar refractivity (Wildman–Crippen MR) is 89.5 cm³/mol. The van der Waals surface area contributed by atoms with Crippen LogP contribution in [0.5, 0.6) is 0 Å². The second-order valence-corrected chi connectivity index (χ2v) is 5.94. The van der Waals surface area contributed by atoms with Gasteiger partial charge in [0.2, 0.25) is 0 Å². The monoisotopic (exact) mass is 314 g/mol. The van der Waals surface area contributed by atoms with Crippen molar-refractivity contribution in [2.24, 2.45) is 7.05 Å². The lowest BCUT2D eigenvalue weighted by Crippen LogP contribution is -2.31. The van der Waals surface area contributed by atoms with Crippen molar-refractivity contribution in [2.45, 2.75) is 32.2 Å². The molecule has 0 unspecified atom stereocenters. The zero-order chi connectivity index (χ0) is 16.4. The van der Waals surface area contributed by atoms with Crippen molar-refractivity contribution in [3.05, 3.63) is 40.7 Å². The van der Waals surface area contributed by atoms with Gasteiger partial charge >= 0.3 is 0 Å². The number of rotatable bonds is 2. The molecule has 122 valence electrons. The number of aromatic amines is 1. The van der Waals surface area contributed by atoms with Crippen molar-refractivity contribution in [1.29, 1.82) is 0 Å². The van der Waals surface area contributed by atoms with Crippen LogP contribution in [0, 0.1) is 6.92 Å². The van der Waals surface area contributed by atoms with Gasteiger partial charge in [0.1, 0.15) is 5.52 Å². The summed E-state index contributed by atoms with van der Waals surface area (Å²) in [5.74, 6) is 0. The minimum Gasteiger partial charge on any atom is -0.319 e. The summed E-state index contributed by atoms with van der Waals surface area (Å²) in [5, 5.41) is 11.4. The highest BCUT2D eigenvalue weighted by Gasteiger charge is 2.13. The summed E-state index contributed by atoms with van der Waals surface area (Å²) in [6.07, 6.45) is 11.2. The lowest BCUT2D eigenvalue weighted by atomic mass is 9.94. The number of fused-ring (bicyclic) bond motifs is 1.